The van der Waals surface area contributed by atoms with E-state index >= 15 is 0 Å². The number of fused-ring (bicyclic) bond motifs is 1. The first-order chi connectivity index (χ1) is 18.7. The van der Waals surface area contributed by atoms with Crippen molar-refractivity contribution in [1.82, 2.24) is 30.0 Å². The first-order valence-electron chi connectivity index (χ1n) is 12.6. The van der Waals surface area contributed by atoms with Crippen LogP contribution in [-0.2, 0) is 17.9 Å². The Hall–Kier alpha value is -3.76. The van der Waals surface area contributed by atoms with E-state index in [1.54, 1.807) is 37.5 Å². The SMILES string of the molecule is CC(=O)c1nn(CC(=O)N2C[C@H](F)C[C@H]2CNCc2cccc(Cl)c2F)c2ccc(-c3cnc(C)nc3)cc12. The molecule has 1 aliphatic heterocycles. The largest absolute Gasteiger partial charge is 0.334 e. The zero-order valence-electron chi connectivity index (χ0n) is 21.5. The van der Waals surface area contributed by atoms with Gasteiger partial charge in [0.2, 0.25) is 5.91 Å². The predicted molar refractivity (Wildman–Crippen MR) is 144 cm³/mol. The van der Waals surface area contributed by atoms with E-state index < -0.39 is 18.0 Å². The highest BCUT2D eigenvalue weighted by molar-refractivity contribution is 6.30. The van der Waals surface area contributed by atoms with Gasteiger partial charge in [-0.2, -0.15) is 5.10 Å². The monoisotopic (exact) mass is 552 g/mol. The van der Waals surface area contributed by atoms with Crippen molar-refractivity contribution in [2.24, 2.45) is 0 Å². The van der Waals surface area contributed by atoms with Crippen LogP contribution in [0.25, 0.3) is 22.0 Å². The van der Waals surface area contributed by atoms with E-state index in [1.165, 1.54) is 22.6 Å². The summed E-state index contributed by atoms with van der Waals surface area (Å²) in [6, 6.07) is 9.85. The number of carbonyl (C=O) groups is 2. The molecule has 5 rings (SSSR count). The third-order valence-corrected chi connectivity index (χ3v) is 7.19. The van der Waals surface area contributed by atoms with Gasteiger partial charge in [-0.05, 0) is 30.7 Å². The molecule has 202 valence electrons. The van der Waals surface area contributed by atoms with Crippen LogP contribution < -0.4 is 5.32 Å². The van der Waals surface area contributed by atoms with E-state index in [9.17, 15) is 18.4 Å². The second-order valence-corrected chi connectivity index (χ2v) is 10.1. The normalized spacial score (nSPS) is 17.2. The minimum atomic E-state index is -1.16. The molecular formula is C28H27ClF2N6O2. The van der Waals surface area contributed by atoms with Crippen molar-refractivity contribution in [2.75, 3.05) is 13.1 Å². The van der Waals surface area contributed by atoms with Crippen molar-refractivity contribution in [3.63, 3.8) is 0 Å². The fourth-order valence-electron chi connectivity index (χ4n) is 4.92. The number of aromatic nitrogens is 4. The molecule has 1 N–H and O–H groups in total. The number of carbonyl (C=O) groups excluding carboxylic acids is 2. The van der Waals surface area contributed by atoms with Crippen LogP contribution in [0.15, 0.2) is 48.8 Å². The number of likely N-dealkylation sites (tertiary alicyclic amines) is 1. The van der Waals surface area contributed by atoms with Crippen molar-refractivity contribution < 1.29 is 18.4 Å². The number of Topliss-reactive ketones (excluding diaryl/α,β-unsaturated/α-hetero) is 1. The number of aryl methyl sites for hydroxylation is 1. The van der Waals surface area contributed by atoms with E-state index in [-0.39, 0.29) is 48.5 Å². The molecule has 2 atom stereocenters. The van der Waals surface area contributed by atoms with Crippen molar-refractivity contribution >= 4 is 34.2 Å². The molecule has 0 aliphatic carbocycles. The smallest absolute Gasteiger partial charge is 0.244 e. The predicted octanol–water partition coefficient (Wildman–Crippen LogP) is 4.53. The highest BCUT2D eigenvalue weighted by Gasteiger charge is 2.35. The lowest BCUT2D eigenvalue weighted by Crippen LogP contribution is -2.43. The maximum Gasteiger partial charge on any atom is 0.244 e. The second-order valence-electron chi connectivity index (χ2n) is 9.69. The summed E-state index contributed by atoms with van der Waals surface area (Å²) in [5.41, 5.74) is 2.87. The number of rotatable bonds is 8. The van der Waals surface area contributed by atoms with Gasteiger partial charge in [-0.1, -0.05) is 29.8 Å². The van der Waals surface area contributed by atoms with Gasteiger partial charge in [0.25, 0.3) is 0 Å². The van der Waals surface area contributed by atoms with Crippen LogP contribution in [-0.4, -0.2) is 61.6 Å². The van der Waals surface area contributed by atoms with Crippen molar-refractivity contribution in [2.45, 2.75) is 45.6 Å². The minimum absolute atomic E-state index is 0.0338. The molecule has 4 aromatic rings. The fourth-order valence-corrected chi connectivity index (χ4v) is 5.11. The molecule has 2 aromatic carbocycles. The van der Waals surface area contributed by atoms with Crippen LogP contribution in [0.5, 0.6) is 0 Å². The number of benzene rings is 2. The lowest BCUT2D eigenvalue weighted by atomic mass is 10.0. The molecule has 1 saturated heterocycles. The van der Waals surface area contributed by atoms with Gasteiger partial charge in [-0.3, -0.25) is 14.3 Å². The Labute approximate surface area is 229 Å². The van der Waals surface area contributed by atoms with E-state index in [4.69, 9.17) is 11.6 Å². The van der Waals surface area contributed by atoms with Gasteiger partial charge in [-0.15, -0.1) is 0 Å². The summed E-state index contributed by atoms with van der Waals surface area (Å²) in [6.07, 6.45) is 2.43. The van der Waals surface area contributed by atoms with Gasteiger partial charge in [0.15, 0.2) is 5.78 Å². The molecule has 1 fully saturated rings. The first-order valence-corrected chi connectivity index (χ1v) is 13.0. The van der Waals surface area contributed by atoms with Crippen LogP contribution in [0.3, 0.4) is 0 Å². The molecule has 11 heteroatoms. The number of hydrogen-bond acceptors (Lipinski definition) is 6. The van der Waals surface area contributed by atoms with Gasteiger partial charge >= 0.3 is 0 Å². The first kappa shape index (κ1) is 26.8. The third kappa shape index (κ3) is 5.67. The second kappa shape index (κ2) is 11.2. The summed E-state index contributed by atoms with van der Waals surface area (Å²) in [5, 5.41) is 8.20. The summed E-state index contributed by atoms with van der Waals surface area (Å²) in [4.78, 5) is 35.7. The lowest BCUT2D eigenvalue weighted by molar-refractivity contribution is -0.132. The average Bonchev–Trinajstić information content (AvgIpc) is 3.47. The van der Waals surface area contributed by atoms with Gasteiger partial charge < -0.3 is 10.2 Å². The summed E-state index contributed by atoms with van der Waals surface area (Å²) in [5.74, 6) is -0.396. The highest BCUT2D eigenvalue weighted by Crippen LogP contribution is 2.27. The number of halogens is 3. The van der Waals surface area contributed by atoms with E-state index in [1.807, 2.05) is 12.1 Å². The maximum absolute atomic E-state index is 14.4. The molecule has 0 spiro atoms. The quantitative estimate of drug-likeness (QED) is 0.323. The summed E-state index contributed by atoms with van der Waals surface area (Å²) >= 11 is 5.85. The number of nitrogens with zero attached hydrogens (tertiary/aromatic N) is 5. The zero-order chi connectivity index (χ0) is 27.7. The number of hydrogen-bond donors (Lipinski definition) is 1. The molecule has 0 unspecified atom stereocenters. The fraction of sp³-hybridized carbons (Fsp3) is 0.321. The Morgan fingerprint density at radius 2 is 1.92 bits per heavy atom. The molecule has 0 saturated carbocycles. The van der Waals surface area contributed by atoms with Crippen LogP contribution in [0.4, 0.5) is 8.78 Å². The zero-order valence-corrected chi connectivity index (χ0v) is 22.3. The standard InChI is InChI=1S/C28H27ClF2N6O2/c1-16(38)28-23-8-18(20-11-33-17(2)34-12-20)6-7-25(23)37(35-28)15-26(39)36-14-21(30)9-22(36)13-32-10-19-4-3-5-24(29)27(19)31/h3-8,11-12,21-22,32H,9-10,13-15H2,1-2H3/t21-,22+/m1/s1. The van der Waals surface area contributed by atoms with E-state index in [0.717, 1.165) is 11.1 Å². The van der Waals surface area contributed by atoms with Crippen LogP contribution in [0.1, 0.15) is 35.2 Å². The number of alkyl halides is 1. The van der Waals surface area contributed by atoms with Crippen LogP contribution in [0, 0.1) is 12.7 Å². The Morgan fingerprint density at radius 1 is 1.15 bits per heavy atom. The summed E-state index contributed by atoms with van der Waals surface area (Å²) in [6.45, 7) is 3.53. The average molecular weight is 553 g/mol. The topological polar surface area (TPSA) is 93.0 Å². The highest BCUT2D eigenvalue weighted by atomic mass is 35.5. The number of ketones is 1. The van der Waals surface area contributed by atoms with Crippen LogP contribution >= 0.6 is 11.6 Å². The summed E-state index contributed by atoms with van der Waals surface area (Å²) < 4.78 is 30.1. The van der Waals surface area contributed by atoms with Crippen molar-refractivity contribution in [3.05, 3.63) is 76.7 Å². The third-order valence-electron chi connectivity index (χ3n) is 6.89. The number of nitrogens with one attached hydrogen (secondary N) is 1. The minimum Gasteiger partial charge on any atom is -0.334 e. The molecule has 3 heterocycles. The lowest BCUT2D eigenvalue weighted by Gasteiger charge is -2.25. The molecule has 8 nitrogen and oxygen atoms in total. The summed E-state index contributed by atoms with van der Waals surface area (Å²) in [7, 11) is 0. The van der Waals surface area contributed by atoms with Gasteiger partial charge in [-0.25, -0.2) is 18.7 Å². The Kier molecular flexibility index (Phi) is 7.67. The van der Waals surface area contributed by atoms with Gasteiger partial charge in [0, 0.05) is 61.4 Å². The molecule has 1 amide bonds. The Bertz CT molecular complexity index is 1540. The number of amides is 1. The van der Waals surface area contributed by atoms with Gasteiger partial charge in [0.05, 0.1) is 17.1 Å². The molecule has 39 heavy (non-hydrogen) atoms. The maximum atomic E-state index is 14.4. The van der Waals surface area contributed by atoms with Crippen LogP contribution in [0.2, 0.25) is 5.02 Å². The van der Waals surface area contributed by atoms with Crippen molar-refractivity contribution in [1.29, 1.82) is 0 Å². The van der Waals surface area contributed by atoms with E-state index in [2.05, 4.69) is 20.4 Å². The van der Waals surface area contributed by atoms with Crippen molar-refractivity contribution in [3.8, 4) is 11.1 Å². The molecule has 2 aromatic heterocycles. The Morgan fingerprint density at radius 3 is 2.67 bits per heavy atom. The van der Waals surface area contributed by atoms with E-state index in [0.29, 0.717) is 28.8 Å². The Balaban J connectivity index is 1.33. The van der Waals surface area contributed by atoms with Gasteiger partial charge in [0.1, 0.15) is 30.1 Å². The molecular weight excluding hydrogens is 526 g/mol. The molecule has 0 bridgehead atoms. The molecule has 0 radical (unpaired) electrons. The molecule has 1 aliphatic rings.